The number of amides is 2. The molecule has 2 amide bonds. The molecule has 0 aliphatic carbocycles. The molecule has 2 aliphatic rings. The topological polar surface area (TPSA) is 58.6 Å². The third-order valence-corrected chi connectivity index (χ3v) is 4.88. The second-order valence-electron chi connectivity index (χ2n) is 5.96. The molecule has 2 heterocycles. The van der Waals surface area contributed by atoms with Gasteiger partial charge in [-0.1, -0.05) is 13.8 Å². The quantitative estimate of drug-likeness (QED) is 0.846. The highest BCUT2D eigenvalue weighted by atomic mass is 16.5. The van der Waals surface area contributed by atoms with Crippen LogP contribution in [0.4, 0.5) is 0 Å². The number of carbonyl (C=O) groups excluding carboxylic acids is 2. The van der Waals surface area contributed by atoms with E-state index in [1.807, 2.05) is 18.7 Å². The van der Waals surface area contributed by atoms with Crippen molar-refractivity contribution in [2.75, 3.05) is 19.7 Å². The third-order valence-electron chi connectivity index (χ3n) is 4.88. The van der Waals surface area contributed by atoms with Crippen LogP contribution < -0.4 is 5.32 Å². The standard InChI is InChI=1S/C15H26N2O3/c1-4-15(5-2)14(19)17(8-6-13(18)16-15)10-12-7-9-20-11(12)3/h11-12H,4-10H2,1-3H3,(H,16,18). The van der Waals surface area contributed by atoms with Gasteiger partial charge >= 0.3 is 0 Å². The molecule has 2 fully saturated rings. The summed E-state index contributed by atoms with van der Waals surface area (Å²) in [5.74, 6) is 0.450. The lowest BCUT2D eigenvalue weighted by Gasteiger charge is -2.35. The molecule has 0 aromatic rings. The molecule has 0 aromatic carbocycles. The highest BCUT2D eigenvalue weighted by Gasteiger charge is 2.42. The van der Waals surface area contributed by atoms with Crippen LogP contribution in [0.5, 0.6) is 0 Å². The molecule has 2 unspecified atom stereocenters. The highest BCUT2D eigenvalue weighted by molar-refractivity contribution is 5.93. The van der Waals surface area contributed by atoms with Gasteiger partial charge in [0.25, 0.3) is 0 Å². The molecule has 0 saturated carbocycles. The van der Waals surface area contributed by atoms with Gasteiger partial charge in [0.15, 0.2) is 0 Å². The molecule has 0 bridgehead atoms. The fourth-order valence-corrected chi connectivity index (χ4v) is 3.23. The van der Waals surface area contributed by atoms with Crippen molar-refractivity contribution in [3.05, 3.63) is 0 Å². The third kappa shape index (κ3) is 2.82. The van der Waals surface area contributed by atoms with E-state index < -0.39 is 5.54 Å². The Kier molecular flexibility index (Phi) is 4.68. The van der Waals surface area contributed by atoms with Crippen molar-refractivity contribution in [3.63, 3.8) is 0 Å². The molecule has 5 nitrogen and oxygen atoms in total. The van der Waals surface area contributed by atoms with Gasteiger partial charge in [-0.25, -0.2) is 0 Å². The number of nitrogens with one attached hydrogen (secondary N) is 1. The van der Waals surface area contributed by atoms with Crippen LogP contribution in [-0.2, 0) is 14.3 Å². The maximum atomic E-state index is 12.8. The molecule has 114 valence electrons. The average molecular weight is 282 g/mol. The van der Waals surface area contributed by atoms with Crippen LogP contribution in [0, 0.1) is 5.92 Å². The van der Waals surface area contributed by atoms with E-state index in [0.29, 0.717) is 38.3 Å². The minimum atomic E-state index is -0.712. The lowest BCUT2D eigenvalue weighted by atomic mass is 9.90. The van der Waals surface area contributed by atoms with Crippen LogP contribution in [0.25, 0.3) is 0 Å². The number of hydrogen-bond acceptors (Lipinski definition) is 3. The zero-order valence-corrected chi connectivity index (χ0v) is 12.8. The summed E-state index contributed by atoms with van der Waals surface area (Å²) in [6.45, 7) is 8.00. The van der Waals surface area contributed by atoms with Gasteiger partial charge in [-0.3, -0.25) is 9.59 Å². The molecular formula is C15H26N2O3. The maximum absolute atomic E-state index is 12.8. The Morgan fingerprint density at radius 2 is 2.05 bits per heavy atom. The predicted octanol–water partition coefficient (Wildman–Crippen LogP) is 1.32. The first-order valence-corrected chi connectivity index (χ1v) is 7.74. The van der Waals surface area contributed by atoms with E-state index in [9.17, 15) is 9.59 Å². The number of carbonyl (C=O) groups is 2. The van der Waals surface area contributed by atoms with Crippen molar-refractivity contribution in [2.45, 2.75) is 58.1 Å². The summed E-state index contributed by atoms with van der Waals surface area (Å²) in [6.07, 6.45) is 2.88. The van der Waals surface area contributed by atoms with E-state index in [0.717, 1.165) is 13.0 Å². The molecule has 0 spiro atoms. The van der Waals surface area contributed by atoms with Crippen molar-refractivity contribution in [2.24, 2.45) is 5.92 Å². The second-order valence-corrected chi connectivity index (χ2v) is 5.96. The number of ether oxygens (including phenoxy) is 1. The van der Waals surface area contributed by atoms with Crippen molar-refractivity contribution in [3.8, 4) is 0 Å². The van der Waals surface area contributed by atoms with Crippen LogP contribution in [0.2, 0.25) is 0 Å². The molecule has 2 atom stereocenters. The second kappa shape index (κ2) is 6.12. The minimum absolute atomic E-state index is 0.0136. The minimum Gasteiger partial charge on any atom is -0.378 e. The smallest absolute Gasteiger partial charge is 0.248 e. The average Bonchev–Trinajstić information content (AvgIpc) is 2.80. The fraction of sp³-hybridized carbons (Fsp3) is 0.867. The Morgan fingerprint density at radius 1 is 1.35 bits per heavy atom. The summed E-state index contributed by atoms with van der Waals surface area (Å²) < 4.78 is 5.58. The summed E-state index contributed by atoms with van der Waals surface area (Å²) in [5.41, 5.74) is -0.712. The van der Waals surface area contributed by atoms with Crippen LogP contribution in [-0.4, -0.2) is 48.1 Å². The summed E-state index contributed by atoms with van der Waals surface area (Å²) >= 11 is 0. The molecular weight excluding hydrogens is 256 g/mol. The molecule has 2 saturated heterocycles. The monoisotopic (exact) mass is 282 g/mol. The van der Waals surface area contributed by atoms with Crippen molar-refractivity contribution >= 4 is 11.8 Å². The van der Waals surface area contributed by atoms with E-state index >= 15 is 0 Å². The van der Waals surface area contributed by atoms with Gasteiger partial charge in [-0.05, 0) is 26.2 Å². The molecule has 0 aromatic heterocycles. The number of hydrogen-bond donors (Lipinski definition) is 1. The maximum Gasteiger partial charge on any atom is 0.248 e. The lowest BCUT2D eigenvalue weighted by molar-refractivity contribution is -0.140. The van der Waals surface area contributed by atoms with Crippen LogP contribution >= 0.6 is 0 Å². The zero-order valence-electron chi connectivity index (χ0n) is 12.8. The van der Waals surface area contributed by atoms with Gasteiger partial charge in [0, 0.05) is 32.0 Å². The van der Waals surface area contributed by atoms with Crippen molar-refractivity contribution in [1.29, 1.82) is 0 Å². The molecule has 2 rings (SSSR count). The van der Waals surface area contributed by atoms with Gasteiger partial charge in [-0.2, -0.15) is 0 Å². The van der Waals surface area contributed by atoms with Crippen LogP contribution in [0.1, 0.15) is 46.5 Å². The summed E-state index contributed by atoms with van der Waals surface area (Å²) in [5, 5.41) is 2.95. The number of nitrogens with zero attached hydrogens (tertiary/aromatic N) is 1. The highest BCUT2D eigenvalue weighted by Crippen LogP contribution is 2.26. The zero-order chi connectivity index (χ0) is 14.8. The van der Waals surface area contributed by atoms with Crippen LogP contribution in [0.3, 0.4) is 0 Å². The Bertz CT molecular complexity index is 379. The molecule has 0 radical (unpaired) electrons. The van der Waals surface area contributed by atoms with Crippen molar-refractivity contribution in [1.82, 2.24) is 10.2 Å². The van der Waals surface area contributed by atoms with Gasteiger partial charge in [-0.15, -0.1) is 0 Å². The SMILES string of the molecule is CCC1(CC)NC(=O)CCN(CC2CCOC2C)C1=O. The normalized spacial score (nSPS) is 30.2. The molecule has 1 N–H and O–H groups in total. The predicted molar refractivity (Wildman–Crippen MR) is 76.2 cm³/mol. The molecule has 2 aliphatic heterocycles. The van der Waals surface area contributed by atoms with E-state index in [1.165, 1.54) is 0 Å². The molecule has 5 heteroatoms. The Morgan fingerprint density at radius 3 is 2.60 bits per heavy atom. The first-order valence-electron chi connectivity index (χ1n) is 7.74. The van der Waals surface area contributed by atoms with Gasteiger partial charge < -0.3 is 15.0 Å². The van der Waals surface area contributed by atoms with Crippen LogP contribution in [0.15, 0.2) is 0 Å². The Hall–Kier alpha value is -1.10. The Balaban J connectivity index is 2.15. The largest absolute Gasteiger partial charge is 0.378 e. The first kappa shape index (κ1) is 15.3. The summed E-state index contributed by atoms with van der Waals surface area (Å²) in [4.78, 5) is 26.6. The number of rotatable bonds is 4. The van der Waals surface area contributed by atoms with Crippen molar-refractivity contribution < 1.29 is 14.3 Å². The van der Waals surface area contributed by atoms with Gasteiger partial charge in [0.05, 0.1) is 6.10 Å². The Labute approximate surface area is 121 Å². The van der Waals surface area contributed by atoms with E-state index in [4.69, 9.17) is 4.74 Å². The first-order chi connectivity index (χ1) is 9.52. The summed E-state index contributed by atoms with van der Waals surface area (Å²) in [7, 11) is 0. The van der Waals surface area contributed by atoms with E-state index in [1.54, 1.807) is 0 Å². The van der Waals surface area contributed by atoms with Gasteiger partial charge in [0.2, 0.25) is 11.8 Å². The summed E-state index contributed by atoms with van der Waals surface area (Å²) in [6, 6.07) is 0. The molecule has 20 heavy (non-hydrogen) atoms. The van der Waals surface area contributed by atoms with E-state index in [2.05, 4.69) is 12.2 Å². The van der Waals surface area contributed by atoms with E-state index in [-0.39, 0.29) is 17.9 Å². The fourth-order valence-electron chi connectivity index (χ4n) is 3.23. The van der Waals surface area contributed by atoms with Gasteiger partial charge in [0.1, 0.15) is 5.54 Å². The lowest BCUT2D eigenvalue weighted by Crippen LogP contribution is -2.57.